The van der Waals surface area contributed by atoms with Crippen molar-refractivity contribution < 1.29 is 4.39 Å². The summed E-state index contributed by atoms with van der Waals surface area (Å²) in [6, 6.07) is 20.1. The summed E-state index contributed by atoms with van der Waals surface area (Å²) < 4.78 is 13.4. The largest absolute Gasteiger partial charge is 0.374 e. The first-order valence-corrected chi connectivity index (χ1v) is 9.07. The summed E-state index contributed by atoms with van der Waals surface area (Å²) in [6.07, 6.45) is 4.73. The van der Waals surface area contributed by atoms with Gasteiger partial charge in [0.1, 0.15) is 5.82 Å². The Labute approximate surface area is 159 Å². The Kier molecular flexibility index (Phi) is 4.46. The number of allylic oxidation sites excluding steroid dienone is 1. The Morgan fingerprint density at radius 2 is 1.62 bits per heavy atom. The molecule has 0 amide bonds. The number of hydrogen-bond donors (Lipinski definition) is 1. The number of fused-ring (bicyclic) bond motifs is 4. The number of nitrogens with one attached hydrogen (secondary N) is 1. The minimum Gasteiger partial charge on any atom is -0.374 e. The second-order valence-corrected chi connectivity index (χ2v) is 7.05. The molecule has 26 heavy (non-hydrogen) atoms. The van der Waals surface area contributed by atoms with Crippen LogP contribution in [0.4, 0.5) is 10.1 Å². The second kappa shape index (κ2) is 6.77. The highest BCUT2D eigenvalue weighted by molar-refractivity contribution is 6.01. The molecule has 1 aliphatic heterocycles. The SMILES string of the molecule is Cl.Fc1ccc(C2Nc3ccc4ccccc4c3C3=C2CCCC3)cc1. The molecule has 3 aromatic rings. The predicted octanol–water partition coefficient (Wildman–Crippen LogP) is 6.90. The molecule has 132 valence electrons. The van der Waals surface area contributed by atoms with E-state index >= 15 is 0 Å². The van der Waals surface area contributed by atoms with E-state index in [1.54, 1.807) is 12.1 Å². The van der Waals surface area contributed by atoms with Crippen LogP contribution in [0, 0.1) is 5.82 Å². The van der Waals surface area contributed by atoms with Crippen molar-refractivity contribution in [3.8, 4) is 0 Å². The van der Waals surface area contributed by atoms with Crippen LogP contribution in [0.3, 0.4) is 0 Å². The standard InChI is InChI=1S/C23H20FN.ClH/c24-17-12-9-16(10-13-17)23-20-8-4-3-7-19(20)22-18-6-2-1-5-15(18)11-14-21(22)25-23;/h1-2,5-6,9-14,23,25H,3-4,7-8H2;1H. The Balaban J connectivity index is 0.00000168. The molecular weight excluding hydrogens is 345 g/mol. The zero-order valence-corrected chi connectivity index (χ0v) is 15.3. The number of benzene rings is 3. The molecule has 3 aromatic carbocycles. The first kappa shape index (κ1) is 17.1. The van der Waals surface area contributed by atoms with Crippen molar-refractivity contribution in [2.75, 3.05) is 5.32 Å². The highest BCUT2D eigenvalue weighted by Gasteiger charge is 2.30. The molecule has 3 heteroatoms. The van der Waals surface area contributed by atoms with E-state index in [0.29, 0.717) is 0 Å². The Bertz CT molecular complexity index is 991. The lowest BCUT2D eigenvalue weighted by Crippen LogP contribution is -2.22. The molecular formula is C23H21ClFN. The van der Waals surface area contributed by atoms with Gasteiger partial charge in [-0.25, -0.2) is 4.39 Å². The second-order valence-electron chi connectivity index (χ2n) is 7.05. The lowest BCUT2D eigenvalue weighted by Gasteiger charge is -2.36. The highest BCUT2D eigenvalue weighted by atomic mass is 35.5. The van der Waals surface area contributed by atoms with Crippen LogP contribution in [-0.4, -0.2) is 0 Å². The summed E-state index contributed by atoms with van der Waals surface area (Å²) in [5.74, 6) is -0.177. The van der Waals surface area contributed by atoms with Gasteiger partial charge in [-0.3, -0.25) is 0 Å². The van der Waals surface area contributed by atoms with Crippen molar-refractivity contribution in [3.05, 3.63) is 83.2 Å². The fourth-order valence-electron chi connectivity index (χ4n) is 4.43. The molecule has 0 radical (unpaired) electrons. The fraction of sp³-hybridized carbons (Fsp3) is 0.217. The number of hydrogen-bond acceptors (Lipinski definition) is 1. The fourth-order valence-corrected chi connectivity index (χ4v) is 4.43. The van der Waals surface area contributed by atoms with Crippen molar-refractivity contribution in [1.82, 2.24) is 0 Å². The van der Waals surface area contributed by atoms with E-state index in [1.807, 2.05) is 12.1 Å². The van der Waals surface area contributed by atoms with Gasteiger partial charge in [0.05, 0.1) is 6.04 Å². The van der Waals surface area contributed by atoms with Gasteiger partial charge in [-0.15, -0.1) is 12.4 Å². The van der Waals surface area contributed by atoms with Crippen LogP contribution in [0.1, 0.15) is 42.9 Å². The maximum absolute atomic E-state index is 13.4. The Hall–Kier alpha value is -2.32. The van der Waals surface area contributed by atoms with E-state index in [9.17, 15) is 4.39 Å². The summed E-state index contributed by atoms with van der Waals surface area (Å²) >= 11 is 0. The maximum atomic E-state index is 13.4. The summed E-state index contributed by atoms with van der Waals surface area (Å²) in [4.78, 5) is 0. The number of anilines is 1. The smallest absolute Gasteiger partial charge is 0.123 e. The number of rotatable bonds is 1. The molecule has 0 bridgehead atoms. The van der Waals surface area contributed by atoms with Gasteiger partial charge < -0.3 is 5.32 Å². The molecule has 1 nitrogen and oxygen atoms in total. The quantitative estimate of drug-likeness (QED) is 0.494. The topological polar surface area (TPSA) is 12.0 Å². The van der Waals surface area contributed by atoms with Crippen LogP contribution in [-0.2, 0) is 0 Å². The molecule has 0 saturated carbocycles. The van der Waals surface area contributed by atoms with E-state index in [2.05, 4.69) is 41.7 Å². The van der Waals surface area contributed by atoms with Gasteiger partial charge in [0.2, 0.25) is 0 Å². The van der Waals surface area contributed by atoms with Crippen LogP contribution in [0.5, 0.6) is 0 Å². The molecule has 1 N–H and O–H groups in total. The molecule has 1 unspecified atom stereocenters. The first-order chi connectivity index (χ1) is 12.3. The van der Waals surface area contributed by atoms with E-state index < -0.39 is 0 Å². The zero-order chi connectivity index (χ0) is 16.8. The summed E-state index contributed by atoms with van der Waals surface area (Å²) in [6.45, 7) is 0. The molecule has 0 saturated heterocycles. The van der Waals surface area contributed by atoms with Crippen molar-refractivity contribution in [2.24, 2.45) is 0 Å². The molecule has 0 fully saturated rings. The Morgan fingerprint density at radius 1 is 0.846 bits per heavy atom. The first-order valence-electron chi connectivity index (χ1n) is 9.07. The van der Waals surface area contributed by atoms with Gasteiger partial charge in [-0.05, 0) is 71.4 Å². The van der Waals surface area contributed by atoms with Gasteiger partial charge in [0, 0.05) is 11.3 Å². The molecule has 2 aliphatic rings. The van der Waals surface area contributed by atoms with Crippen molar-refractivity contribution in [1.29, 1.82) is 0 Å². The third-order valence-corrected chi connectivity index (χ3v) is 5.59. The average molecular weight is 366 g/mol. The van der Waals surface area contributed by atoms with Gasteiger partial charge >= 0.3 is 0 Å². The third kappa shape index (κ3) is 2.69. The highest BCUT2D eigenvalue weighted by Crippen LogP contribution is 2.48. The molecule has 1 heterocycles. The summed E-state index contributed by atoms with van der Waals surface area (Å²) in [5.41, 5.74) is 6.72. The predicted molar refractivity (Wildman–Crippen MR) is 109 cm³/mol. The summed E-state index contributed by atoms with van der Waals surface area (Å²) in [7, 11) is 0. The van der Waals surface area contributed by atoms with Crippen LogP contribution in [0.25, 0.3) is 16.3 Å². The maximum Gasteiger partial charge on any atom is 0.123 e. The minimum absolute atomic E-state index is 0. The normalized spacial score (nSPS) is 18.6. The van der Waals surface area contributed by atoms with Gasteiger partial charge in [0.15, 0.2) is 0 Å². The molecule has 1 atom stereocenters. The van der Waals surface area contributed by atoms with Gasteiger partial charge in [-0.1, -0.05) is 42.5 Å². The monoisotopic (exact) mass is 365 g/mol. The third-order valence-electron chi connectivity index (χ3n) is 5.59. The van der Waals surface area contributed by atoms with Crippen LogP contribution < -0.4 is 5.32 Å². The van der Waals surface area contributed by atoms with Crippen LogP contribution >= 0.6 is 12.4 Å². The van der Waals surface area contributed by atoms with Gasteiger partial charge in [0.25, 0.3) is 0 Å². The van der Waals surface area contributed by atoms with Crippen molar-refractivity contribution in [2.45, 2.75) is 31.7 Å². The molecule has 5 rings (SSSR count). The lowest BCUT2D eigenvalue weighted by molar-refractivity contribution is 0.625. The van der Waals surface area contributed by atoms with Crippen LogP contribution in [0.2, 0.25) is 0 Å². The van der Waals surface area contributed by atoms with Crippen molar-refractivity contribution >= 4 is 34.4 Å². The minimum atomic E-state index is -0.177. The number of halogens is 2. The van der Waals surface area contributed by atoms with E-state index in [0.717, 1.165) is 18.4 Å². The molecule has 1 aliphatic carbocycles. The van der Waals surface area contributed by atoms with E-state index in [1.165, 1.54) is 46.0 Å². The molecule has 0 aromatic heterocycles. The average Bonchev–Trinajstić information content (AvgIpc) is 2.67. The van der Waals surface area contributed by atoms with Crippen LogP contribution in [0.15, 0.2) is 66.2 Å². The van der Waals surface area contributed by atoms with E-state index in [-0.39, 0.29) is 24.3 Å². The lowest BCUT2D eigenvalue weighted by atomic mass is 9.77. The van der Waals surface area contributed by atoms with E-state index in [4.69, 9.17) is 0 Å². The Morgan fingerprint density at radius 3 is 2.46 bits per heavy atom. The summed E-state index contributed by atoms with van der Waals surface area (Å²) in [5, 5.41) is 6.37. The zero-order valence-electron chi connectivity index (χ0n) is 14.5. The van der Waals surface area contributed by atoms with Gasteiger partial charge in [-0.2, -0.15) is 0 Å². The molecule has 0 spiro atoms. The van der Waals surface area contributed by atoms with Crippen molar-refractivity contribution in [3.63, 3.8) is 0 Å².